The highest BCUT2D eigenvalue weighted by molar-refractivity contribution is 5.80. The van der Waals surface area contributed by atoms with Crippen LogP contribution in [0, 0.1) is 5.92 Å². The van der Waals surface area contributed by atoms with Gasteiger partial charge in [-0.15, -0.1) is 0 Å². The van der Waals surface area contributed by atoms with E-state index < -0.39 is 0 Å². The number of fused-ring (bicyclic) bond motifs is 1. The van der Waals surface area contributed by atoms with Crippen molar-refractivity contribution in [3.8, 4) is 0 Å². The zero-order valence-electron chi connectivity index (χ0n) is 16.3. The van der Waals surface area contributed by atoms with Crippen LogP contribution in [0.4, 0.5) is 0 Å². The average molecular weight is 377 g/mol. The third-order valence-corrected chi connectivity index (χ3v) is 6.54. The highest BCUT2D eigenvalue weighted by atomic mass is 16.2. The maximum atomic E-state index is 12.8. The number of amides is 1. The molecule has 0 saturated carbocycles. The van der Waals surface area contributed by atoms with Gasteiger partial charge in [0.1, 0.15) is 0 Å². The van der Waals surface area contributed by atoms with Crippen molar-refractivity contribution < 1.29 is 4.79 Å². The lowest BCUT2D eigenvalue weighted by Gasteiger charge is -2.27. The molecule has 1 amide bonds. The van der Waals surface area contributed by atoms with E-state index in [1.165, 1.54) is 22.5 Å². The molecule has 5 nitrogen and oxygen atoms in total. The minimum atomic E-state index is 0.174. The standard InChI is InChI=1S/C23H28N4O/c28-23(18-8-4-5-9-18)27-13-10-19(15-27)22-20-16-26(12-11-21(20)24-25-22)14-17-6-2-1-3-7-17/h1-7,18-19H,8-16H2,(H,24,25). The molecule has 1 fully saturated rings. The van der Waals surface area contributed by atoms with Crippen molar-refractivity contribution in [2.24, 2.45) is 5.92 Å². The van der Waals surface area contributed by atoms with Crippen molar-refractivity contribution in [1.29, 1.82) is 0 Å². The summed E-state index contributed by atoms with van der Waals surface area (Å²) in [5.41, 5.74) is 5.24. The molecule has 28 heavy (non-hydrogen) atoms. The van der Waals surface area contributed by atoms with Gasteiger partial charge < -0.3 is 4.90 Å². The molecule has 0 radical (unpaired) electrons. The van der Waals surface area contributed by atoms with Gasteiger partial charge in [0.25, 0.3) is 0 Å². The second-order valence-corrected chi connectivity index (χ2v) is 8.42. The van der Waals surface area contributed by atoms with Crippen LogP contribution >= 0.6 is 0 Å². The Labute approximate surface area is 166 Å². The van der Waals surface area contributed by atoms with Crippen molar-refractivity contribution in [1.82, 2.24) is 20.0 Å². The number of aromatic nitrogens is 2. The second kappa shape index (κ2) is 7.55. The first-order chi connectivity index (χ1) is 13.8. The first-order valence-corrected chi connectivity index (χ1v) is 10.5. The van der Waals surface area contributed by atoms with E-state index in [0.29, 0.717) is 11.8 Å². The number of likely N-dealkylation sites (tertiary alicyclic amines) is 1. The van der Waals surface area contributed by atoms with E-state index in [4.69, 9.17) is 5.10 Å². The van der Waals surface area contributed by atoms with Gasteiger partial charge in [0.15, 0.2) is 0 Å². The van der Waals surface area contributed by atoms with Crippen LogP contribution in [0.2, 0.25) is 0 Å². The number of H-pyrrole nitrogens is 1. The Bertz CT molecular complexity index is 864. The first-order valence-electron chi connectivity index (χ1n) is 10.5. The molecule has 5 rings (SSSR count). The molecule has 2 aliphatic heterocycles. The number of carbonyl (C=O) groups excluding carboxylic acids is 1. The molecule has 5 heteroatoms. The maximum Gasteiger partial charge on any atom is 0.226 e. The molecule has 0 bridgehead atoms. The molecular weight excluding hydrogens is 348 g/mol. The highest BCUT2D eigenvalue weighted by Gasteiger charge is 2.35. The van der Waals surface area contributed by atoms with Crippen LogP contribution in [0.15, 0.2) is 42.5 Å². The molecule has 2 aromatic rings. The van der Waals surface area contributed by atoms with Crippen LogP contribution in [0.1, 0.15) is 47.7 Å². The summed E-state index contributed by atoms with van der Waals surface area (Å²) in [5.74, 6) is 0.880. The van der Waals surface area contributed by atoms with Crippen molar-refractivity contribution >= 4 is 5.91 Å². The molecule has 146 valence electrons. The number of nitrogens with one attached hydrogen (secondary N) is 1. The fraction of sp³-hybridized carbons (Fsp3) is 0.478. The predicted octanol–water partition coefficient (Wildman–Crippen LogP) is 3.25. The largest absolute Gasteiger partial charge is 0.342 e. The van der Waals surface area contributed by atoms with Gasteiger partial charge in [0.2, 0.25) is 5.91 Å². The maximum absolute atomic E-state index is 12.8. The van der Waals surface area contributed by atoms with Crippen LogP contribution < -0.4 is 0 Å². The van der Waals surface area contributed by atoms with E-state index in [-0.39, 0.29) is 5.92 Å². The van der Waals surface area contributed by atoms with Crippen molar-refractivity contribution in [3.05, 3.63) is 65.0 Å². The number of hydrogen-bond donors (Lipinski definition) is 1. The van der Waals surface area contributed by atoms with Gasteiger partial charge in [-0.1, -0.05) is 42.5 Å². The molecule has 0 spiro atoms. The molecule has 1 aromatic heterocycles. The third-order valence-electron chi connectivity index (χ3n) is 6.54. The van der Waals surface area contributed by atoms with Crippen LogP contribution in [-0.2, 0) is 24.3 Å². The number of rotatable bonds is 4. The van der Waals surface area contributed by atoms with Gasteiger partial charge >= 0.3 is 0 Å². The fourth-order valence-electron chi connectivity index (χ4n) is 4.95. The summed E-state index contributed by atoms with van der Waals surface area (Å²) < 4.78 is 0. The van der Waals surface area contributed by atoms with Crippen LogP contribution in [0.5, 0.6) is 0 Å². The Balaban J connectivity index is 1.27. The van der Waals surface area contributed by atoms with Crippen molar-refractivity contribution in [2.75, 3.05) is 19.6 Å². The van der Waals surface area contributed by atoms with Gasteiger partial charge in [-0.2, -0.15) is 5.10 Å². The summed E-state index contributed by atoms with van der Waals surface area (Å²) >= 11 is 0. The zero-order valence-corrected chi connectivity index (χ0v) is 16.3. The molecule has 1 atom stereocenters. The summed E-state index contributed by atoms with van der Waals surface area (Å²) in [5, 5.41) is 8.01. The van der Waals surface area contributed by atoms with Gasteiger partial charge in [-0.05, 0) is 24.8 Å². The van der Waals surface area contributed by atoms with Gasteiger partial charge in [0, 0.05) is 62.2 Å². The molecule has 1 unspecified atom stereocenters. The topological polar surface area (TPSA) is 52.2 Å². The Hall–Kier alpha value is -2.40. The first kappa shape index (κ1) is 17.7. The average Bonchev–Trinajstić information content (AvgIpc) is 3.48. The van der Waals surface area contributed by atoms with Gasteiger partial charge in [-0.25, -0.2) is 0 Å². The van der Waals surface area contributed by atoms with Crippen molar-refractivity contribution in [3.63, 3.8) is 0 Å². The summed E-state index contributed by atoms with van der Waals surface area (Å²) in [6.45, 7) is 4.69. The van der Waals surface area contributed by atoms with E-state index in [2.05, 4.69) is 57.4 Å². The van der Waals surface area contributed by atoms with Gasteiger partial charge in [-0.3, -0.25) is 14.8 Å². The van der Waals surface area contributed by atoms with Crippen molar-refractivity contribution in [2.45, 2.75) is 44.7 Å². The number of benzene rings is 1. The van der Waals surface area contributed by atoms with E-state index >= 15 is 0 Å². The number of aromatic amines is 1. The zero-order chi connectivity index (χ0) is 18.9. The van der Waals surface area contributed by atoms with E-state index in [9.17, 15) is 4.79 Å². The number of nitrogens with zero attached hydrogens (tertiary/aromatic N) is 3. The summed E-state index contributed by atoms with van der Waals surface area (Å²) in [6.07, 6.45) is 8.15. The molecule has 1 saturated heterocycles. The summed E-state index contributed by atoms with van der Waals surface area (Å²) in [6, 6.07) is 10.7. The normalized spacial score (nSPS) is 22.7. The smallest absolute Gasteiger partial charge is 0.226 e. The Morgan fingerprint density at radius 3 is 2.79 bits per heavy atom. The molecular formula is C23H28N4O. The van der Waals surface area contributed by atoms with E-state index in [1.807, 2.05) is 0 Å². The Kier molecular flexibility index (Phi) is 4.77. The molecule has 1 aliphatic carbocycles. The summed E-state index contributed by atoms with van der Waals surface area (Å²) in [7, 11) is 0. The van der Waals surface area contributed by atoms with Crippen LogP contribution in [0.25, 0.3) is 0 Å². The van der Waals surface area contributed by atoms with Crippen LogP contribution in [0.3, 0.4) is 0 Å². The Morgan fingerprint density at radius 1 is 1.14 bits per heavy atom. The lowest BCUT2D eigenvalue weighted by atomic mass is 9.96. The van der Waals surface area contributed by atoms with Gasteiger partial charge in [0.05, 0.1) is 5.69 Å². The van der Waals surface area contributed by atoms with E-state index in [1.54, 1.807) is 0 Å². The summed E-state index contributed by atoms with van der Waals surface area (Å²) in [4.78, 5) is 17.3. The molecule has 1 aromatic carbocycles. The monoisotopic (exact) mass is 376 g/mol. The fourth-order valence-corrected chi connectivity index (χ4v) is 4.95. The number of hydrogen-bond acceptors (Lipinski definition) is 3. The second-order valence-electron chi connectivity index (χ2n) is 8.42. The van der Waals surface area contributed by atoms with Crippen LogP contribution in [-0.4, -0.2) is 45.5 Å². The molecule has 3 aliphatic rings. The minimum Gasteiger partial charge on any atom is -0.342 e. The molecule has 3 heterocycles. The lowest BCUT2D eigenvalue weighted by molar-refractivity contribution is -0.134. The molecule has 1 N–H and O–H groups in total. The van der Waals surface area contributed by atoms with E-state index in [0.717, 1.165) is 58.4 Å². The lowest BCUT2D eigenvalue weighted by Crippen LogP contribution is -2.33. The number of carbonyl (C=O) groups is 1. The SMILES string of the molecule is O=C(C1CC=CC1)N1CCC(c2n[nH]c3c2CN(Cc2ccccc2)CC3)C1. The minimum absolute atomic E-state index is 0.174. The predicted molar refractivity (Wildman–Crippen MR) is 109 cm³/mol. The quantitative estimate of drug-likeness (QED) is 0.834. The third kappa shape index (κ3) is 3.39. The number of allylic oxidation sites excluding steroid dienone is 2. The highest BCUT2D eigenvalue weighted by Crippen LogP contribution is 2.34. The Morgan fingerprint density at radius 2 is 1.96 bits per heavy atom.